The maximum atomic E-state index is 13.0. The van der Waals surface area contributed by atoms with Gasteiger partial charge in [0.1, 0.15) is 0 Å². The molecule has 4 heteroatoms. The lowest BCUT2D eigenvalue weighted by atomic mass is 9.85. The molecule has 3 nitrogen and oxygen atoms in total. The summed E-state index contributed by atoms with van der Waals surface area (Å²) in [6.45, 7) is 6.69. The summed E-state index contributed by atoms with van der Waals surface area (Å²) in [5, 5.41) is 3.13. The number of piperidine rings is 2. The van der Waals surface area contributed by atoms with Crippen molar-refractivity contribution in [1.29, 1.82) is 0 Å². The number of thioether (sulfide) groups is 1. The first-order valence-electron chi connectivity index (χ1n) is 11.0. The number of aryl methyl sites for hydroxylation is 1. The topological polar surface area (TPSA) is 32.3 Å². The Hall–Kier alpha value is -1.78. The molecule has 2 saturated heterocycles. The molecule has 29 heavy (non-hydrogen) atoms. The molecule has 1 N–H and O–H groups in total. The highest BCUT2D eigenvalue weighted by Crippen LogP contribution is 2.35. The van der Waals surface area contributed by atoms with Gasteiger partial charge in [-0.05, 0) is 87.9 Å². The molecule has 2 atom stereocenters. The van der Waals surface area contributed by atoms with Gasteiger partial charge < -0.3 is 10.2 Å². The summed E-state index contributed by atoms with van der Waals surface area (Å²) < 4.78 is 0. The number of hydrogen-bond donors (Lipinski definition) is 1. The Morgan fingerprint density at radius 3 is 2.76 bits per heavy atom. The lowest BCUT2D eigenvalue weighted by molar-refractivity contribution is 0.0693. The fraction of sp³-hybridized carbons (Fsp3) is 0.480. The van der Waals surface area contributed by atoms with Crippen LogP contribution in [0.3, 0.4) is 0 Å². The van der Waals surface area contributed by atoms with E-state index in [-0.39, 0.29) is 5.91 Å². The number of carbonyl (C=O) groups is 1. The summed E-state index contributed by atoms with van der Waals surface area (Å²) in [4.78, 5) is 16.9. The molecule has 0 spiro atoms. The van der Waals surface area contributed by atoms with Crippen molar-refractivity contribution in [2.24, 2.45) is 5.92 Å². The summed E-state index contributed by atoms with van der Waals surface area (Å²) in [5.74, 6) is 1.84. The van der Waals surface area contributed by atoms with Crippen LogP contribution < -0.4 is 5.32 Å². The minimum atomic E-state index is -0.00950. The molecule has 1 amide bonds. The predicted molar refractivity (Wildman–Crippen MR) is 123 cm³/mol. The van der Waals surface area contributed by atoms with E-state index in [9.17, 15) is 4.79 Å². The molecule has 2 aliphatic heterocycles. The number of nitrogens with one attached hydrogen (secondary N) is 1. The maximum Gasteiger partial charge on any atom is 0.256 e. The number of nitrogens with zero attached hydrogens (tertiary/aromatic N) is 1. The van der Waals surface area contributed by atoms with Crippen LogP contribution in [0.5, 0.6) is 0 Å². The minimum Gasteiger partial charge on any atom is -0.322 e. The van der Waals surface area contributed by atoms with Gasteiger partial charge in [0.2, 0.25) is 0 Å². The molecule has 0 bridgehead atoms. The molecule has 0 aliphatic carbocycles. The Labute approximate surface area is 179 Å². The highest BCUT2D eigenvalue weighted by molar-refractivity contribution is 7.99. The van der Waals surface area contributed by atoms with Gasteiger partial charge in [-0.1, -0.05) is 30.7 Å². The predicted octanol–water partition coefficient (Wildman–Crippen LogP) is 5.91. The Morgan fingerprint density at radius 2 is 1.86 bits per heavy atom. The highest BCUT2D eigenvalue weighted by Gasteiger charge is 2.33. The van der Waals surface area contributed by atoms with E-state index >= 15 is 0 Å². The zero-order valence-corrected chi connectivity index (χ0v) is 18.4. The van der Waals surface area contributed by atoms with E-state index in [1.54, 1.807) is 0 Å². The minimum absolute atomic E-state index is 0.00950. The Bertz CT molecular complexity index is 864. The summed E-state index contributed by atoms with van der Waals surface area (Å²) in [7, 11) is 0. The first-order chi connectivity index (χ1) is 14.1. The standard InChI is InChI=1S/C25H32N2OS/c1-18-9-7-12-22(19(18)2)26-25(28)21-11-3-4-14-24(21)29-17-20-10-8-16-27-15-6-5-13-23(20)27/h3-4,7,9,11-12,14,20,23H,5-6,8,10,13,15-17H2,1-2H3,(H,26,28)/t20-,23+/m1/s1. The second-order valence-electron chi connectivity index (χ2n) is 8.51. The van der Waals surface area contributed by atoms with Crippen LogP contribution in [0.2, 0.25) is 0 Å². The van der Waals surface area contributed by atoms with Crippen LogP contribution in [0.25, 0.3) is 0 Å². The van der Waals surface area contributed by atoms with Gasteiger partial charge in [-0.25, -0.2) is 0 Å². The lowest BCUT2D eigenvalue weighted by Crippen LogP contribution is -2.48. The van der Waals surface area contributed by atoms with Gasteiger partial charge in [0.25, 0.3) is 5.91 Å². The fourth-order valence-electron chi connectivity index (χ4n) is 4.82. The molecule has 0 radical (unpaired) electrons. The maximum absolute atomic E-state index is 13.0. The van der Waals surface area contributed by atoms with Crippen molar-refractivity contribution < 1.29 is 4.79 Å². The van der Waals surface area contributed by atoms with Crippen LogP contribution in [0.15, 0.2) is 47.4 Å². The van der Waals surface area contributed by atoms with Crippen LogP contribution in [0.1, 0.15) is 53.6 Å². The molecule has 0 saturated carbocycles. The second kappa shape index (κ2) is 9.36. The zero-order valence-electron chi connectivity index (χ0n) is 17.6. The number of rotatable bonds is 5. The van der Waals surface area contributed by atoms with E-state index in [2.05, 4.69) is 36.2 Å². The third kappa shape index (κ3) is 4.70. The number of anilines is 1. The van der Waals surface area contributed by atoms with Gasteiger partial charge in [0, 0.05) is 22.4 Å². The molecule has 0 aromatic heterocycles. The van der Waals surface area contributed by atoms with E-state index in [1.165, 1.54) is 50.8 Å². The molecule has 2 aliphatic rings. The number of hydrogen-bond acceptors (Lipinski definition) is 3. The average Bonchev–Trinajstić information content (AvgIpc) is 2.75. The SMILES string of the molecule is Cc1cccc(NC(=O)c2ccccc2SC[C@H]2CCCN3CCCC[C@@H]23)c1C. The molecule has 2 fully saturated rings. The van der Waals surface area contributed by atoms with E-state index in [4.69, 9.17) is 0 Å². The molecule has 0 unspecified atom stereocenters. The van der Waals surface area contributed by atoms with Crippen molar-refractivity contribution in [3.63, 3.8) is 0 Å². The second-order valence-corrected chi connectivity index (χ2v) is 9.57. The summed E-state index contributed by atoms with van der Waals surface area (Å²) >= 11 is 1.87. The first-order valence-corrected chi connectivity index (χ1v) is 12.0. The number of carbonyl (C=O) groups excluding carboxylic acids is 1. The van der Waals surface area contributed by atoms with Crippen LogP contribution in [-0.4, -0.2) is 35.7 Å². The number of amides is 1. The van der Waals surface area contributed by atoms with Gasteiger partial charge in [-0.15, -0.1) is 11.8 Å². The monoisotopic (exact) mass is 408 g/mol. The van der Waals surface area contributed by atoms with Crippen LogP contribution in [0, 0.1) is 19.8 Å². The first kappa shape index (κ1) is 20.5. The largest absolute Gasteiger partial charge is 0.322 e. The smallest absolute Gasteiger partial charge is 0.256 e. The molecule has 2 aromatic rings. The van der Waals surface area contributed by atoms with Crippen molar-refractivity contribution in [2.75, 3.05) is 24.2 Å². The number of fused-ring (bicyclic) bond motifs is 1. The van der Waals surface area contributed by atoms with Gasteiger partial charge >= 0.3 is 0 Å². The summed E-state index contributed by atoms with van der Waals surface area (Å²) in [6, 6.07) is 14.9. The molecule has 2 aromatic carbocycles. The third-order valence-electron chi connectivity index (χ3n) is 6.67. The fourth-order valence-corrected chi connectivity index (χ4v) is 6.10. The van der Waals surface area contributed by atoms with Gasteiger partial charge in [-0.2, -0.15) is 0 Å². The van der Waals surface area contributed by atoms with Gasteiger partial charge in [-0.3, -0.25) is 4.79 Å². The van der Waals surface area contributed by atoms with E-state index in [1.807, 2.05) is 42.1 Å². The molecule has 154 valence electrons. The molecule has 4 rings (SSSR count). The lowest BCUT2D eigenvalue weighted by Gasteiger charge is -2.44. The third-order valence-corrected chi connectivity index (χ3v) is 7.93. The van der Waals surface area contributed by atoms with Gasteiger partial charge in [0.15, 0.2) is 0 Å². The van der Waals surface area contributed by atoms with E-state index < -0.39 is 0 Å². The highest BCUT2D eigenvalue weighted by atomic mass is 32.2. The molecular formula is C25H32N2OS. The van der Waals surface area contributed by atoms with Crippen LogP contribution in [0.4, 0.5) is 5.69 Å². The van der Waals surface area contributed by atoms with Gasteiger partial charge in [0.05, 0.1) is 5.56 Å². The van der Waals surface area contributed by atoms with Crippen molar-refractivity contribution in [2.45, 2.75) is 56.9 Å². The van der Waals surface area contributed by atoms with Crippen molar-refractivity contribution >= 4 is 23.4 Å². The van der Waals surface area contributed by atoms with Crippen LogP contribution >= 0.6 is 11.8 Å². The van der Waals surface area contributed by atoms with Crippen molar-refractivity contribution in [3.8, 4) is 0 Å². The Morgan fingerprint density at radius 1 is 1.03 bits per heavy atom. The zero-order chi connectivity index (χ0) is 20.2. The Kier molecular flexibility index (Phi) is 6.61. The normalized spacial score (nSPS) is 22.1. The van der Waals surface area contributed by atoms with E-state index in [0.29, 0.717) is 0 Å². The van der Waals surface area contributed by atoms with Crippen LogP contribution in [-0.2, 0) is 0 Å². The average molecular weight is 409 g/mol. The van der Waals surface area contributed by atoms with Crippen molar-refractivity contribution in [1.82, 2.24) is 4.90 Å². The number of benzene rings is 2. The summed E-state index contributed by atoms with van der Waals surface area (Å²) in [5.41, 5.74) is 4.01. The molecule has 2 heterocycles. The van der Waals surface area contributed by atoms with Crippen molar-refractivity contribution in [3.05, 3.63) is 59.2 Å². The summed E-state index contributed by atoms with van der Waals surface area (Å²) in [6.07, 6.45) is 6.72. The molecular weight excluding hydrogens is 376 g/mol. The van der Waals surface area contributed by atoms with E-state index in [0.717, 1.165) is 39.4 Å². The Balaban J connectivity index is 1.45. The quantitative estimate of drug-likeness (QED) is 0.624.